The minimum absolute atomic E-state index is 0.150. The number of carbonyl (C=O) groups is 2. The van der Waals surface area contributed by atoms with E-state index in [1.54, 1.807) is 25.3 Å². The predicted octanol–water partition coefficient (Wildman–Crippen LogP) is 4.29. The third-order valence-corrected chi connectivity index (χ3v) is 6.69. The van der Waals surface area contributed by atoms with Crippen LogP contribution in [0.1, 0.15) is 38.7 Å². The zero-order chi connectivity index (χ0) is 29.4. The molecule has 1 heterocycles. The third-order valence-electron chi connectivity index (χ3n) is 6.36. The van der Waals surface area contributed by atoms with Crippen molar-refractivity contribution in [1.82, 2.24) is 10.3 Å². The second-order valence-electron chi connectivity index (χ2n) is 9.11. The highest BCUT2D eigenvalue weighted by atomic mass is 35.5. The number of ether oxygens (including phenoxy) is 3. The van der Waals surface area contributed by atoms with Gasteiger partial charge < -0.3 is 35.6 Å². The lowest BCUT2D eigenvalue weighted by Crippen LogP contribution is -2.30. The number of aromatic amines is 1. The first-order valence-electron chi connectivity index (χ1n) is 12.9. The lowest BCUT2D eigenvalue weighted by molar-refractivity contribution is 0.0934. The molecule has 0 unspecified atom stereocenters. The number of anilines is 1. The van der Waals surface area contributed by atoms with Crippen LogP contribution in [0.3, 0.4) is 0 Å². The molecule has 0 saturated heterocycles. The monoisotopic (exact) mass is 578 g/mol. The number of methoxy groups -OCH3 is 2. The Balaban J connectivity index is 1.57. The van der Waals surface area contributed by atoms with E-state index in [4.69, 9.17) is 31.5 Å². The average molecular weight is 579 g/mol. The zero-order valence-corrected chi connectivity index (χ0v) is 23.4. The second-order valence-corrected chi connectivity index (χ2v) is 9.51. The van der Waals surface area contributed by atoms with Crippen molar-refractivity contribution >= 4 is 40.0 Å². The number of carbonyl (C=O) groups excluding carboxylic acids is 2. The Bertz CT molecular complexity index is 1590. The Hall–Kier alpha value is -4.38. The van der Waals surface area contributed by atoms with E-state index in [9.17, 15) is 14.4 Å². The van der Waals surface area contributed by atoms with Crippen molar-refractivity contribution in [3.63, 3.8) is 0 Å². The fourth-order valence-electron chi connectivity index (χ4n) is 4.26. The summed E-state index contributed by atoms with van der Waals surface area (Å²) >= 11 is 6.34. The molecule has 10 nitrogen and oxygen atoms in total. The third kappa shape index (κ3) is 7.23. The molecule has 41 heavy (non-hydrogen) atoms. The summed E-state index contributed by atoms with van der Waals surface area (Å²) in [7, 11) is 3.05. The molecule has 0 spiro atoms. The van der Waals surface area contributed by atoms with Crippen LogP contribution in [-0.4, -0.2) is 50.8 Å². The van der Waals surface area contributed by atoms with Gasteiger partial charge in [0.05, 0.1) is 36.0 Å². The van der Waals surface area contributed by atoms with E-state index in [-0.39, 0.29) is 40.4 Å². The molecule has 0 fully saturated rings. The highest BCUT2D eigenvalue weighted by Crippen LogP contribution is 2.32. The molecule has 2 amide bonds. The molecule has 3 aromatic carbocycles. The van der Waals surface area contributed by atoms with E-state index >= 15 is 0 Å². The van der Waals surface area contributed by atoms with Gasteiger partial charge in [0.1, 0.15) is 12.2 Å². The van der Waals surface area contributed by atoms with E-state index in [2.05, 4.69) is 15.6 Å². The van der Waals surface area contributed by atoms with Gasteiger partial charge in [0.2, 0.25) is 0 Å². The number of rotatable bonds is 12. The van der Waals surface area contributed by atoms with Gasteiger partial charge in [0.25, 0.3) is 17.4 Å². The van der Waals surface area contributed by atoms with Gasteiger partial charge in [0, 0.05) is 24.1 Å². The van der Waals surface area contributed by atoms with Gasteiger partial charge in [-0.3, -0.25) is 14.4 Å². The van der Waals surface area contributed by atoms with Gasteiger partial charge in [-0.05, 0) is 48.9 Å². The van der Waals surface area contributed by atoms with Gasteiger partial charge in [-0.1, -0.05) is 41.9 Å². The maximum atomic E-state index is 13.2. The van der Waals surface area contributed by atoms with Gasteiger partial charge in [-0.15, -0.1) is 0 Å². The summed E-state index contributed by atoms with van der Waals surface area (Å²) in [6.45, 7) is 1.05. The Morgan fingerprint density at radius 2 is 1.76 bits per heavy atom. The van der Waals surface area contributed by atoms with Crippen molar-refractivity contribution in [3.8, 4) is 11.5 Å². The minimum atomic E-state index is -0.699. The topological polar surface area (TPSA) is 145 Å². The molecule has 214 valence electrons. The van der Waals surface area contributed by atoms with Crippen molar-refractivity contribution < 1.29 is 23.8 Å². The predicted molar refractivity (Wildman–Crippen MR) is 158 cm³/mol. The van der Waals surface area contributed by atoms with Crippen LogP contribution >= 0.6 is 11.6 Å². The van der Waals surface area contributed by atoms with E-state index in [1.807, 2.05) is 30.3 Å². The summed E-state index contributed by atoms with van der Waals surface area (Å²) in [6, 6.07) is 18.5. The first-order chi connectivity index (χ1) is 19.8. The first kappa shape index (κ1) is 29.6. The maximum absolute atomic E-state index is 13.2. The first-order valence-corrected chi connectivity index (χ1v) is 13.3. The smallest absolute Gasteiger partial charge is 0.261 e. The summed E-state index contributed by atoms with van der Waals surface area (Å²) in [5.41, 5.74) is 6.85. The second kappa shape index (κ2) is 13.8. The molecule has 4 rings (SSSR count). The number of aromatic nitrogens is 1. The van der Waals surface area contributed by atoms with Crippen LogP contribution in [0.2, 0.25) is 5.02 Å². The Morgan fingerprint density at radius 1 is 0.976 bits per heavy atom. The molecule has 0 aliphatic rings. The number of amides is 2. The van der Waals surface area contributed by atoms with Gasteiger partial charge >= 0.3 is 0 Å². The van der Waals surface area contributed by atoms with Crippen molar-refractivity contribution in [2.75, 3.05) is 39.3 Å². The lowest BCUT2D eigenvalue weighted by Gasteiger charge is -2.19. The number of nitrogens with two attached hydrogens (primary N) is 1. The number of halogens is 1. The average Bonchev–Trinajstić information content (AvgIpc) is 2.98. The molecule has 1 atom stereocenters. The lowest BCUT2D eigenvalue weighted by atomic mass is 10.0. The van der Waals surface area contributed by atoms with Crippen LogP contribution in [-0.2, 0) is 4.74 Å². The Morgan fingerprint density at radius 3 is 2.46 bits per heavy atom. The van der Waals surface area contributed by atoms with E-state index in [0.29, 0.717) is 42.0 Å². The maximum Gasteiger partial charge on any atom is 0.261 e. The van der Waals surface area contributed by atoms with Crippen LogP contribution in [0.25, 0.3) is 10.9 Å². The van der Waals surface area contributed by atoms with Crippen molar-refractivity contribution in [2.45, 2.75) is 12.5 Å². The molecule has 0 aliphatic heterocycles. The van der Waals surface area contributed by atoms with Crippen molar-refractivity contribution in [3.05, 3.63) is 98.8 Å². The molecule has 0 bridgehead atoms. The molecule has 0 radical (unpaired) electrons. The summed E-state index contributed by atoms with van der Waals surface area (Å²) in [4.78, 5) is 41.8. The summed E-state index contributed by atoms with van der Waals surface area (Å²) in [6.07, 6.45) is 0.544. The molecular formula is C30H31ClN4O6. The normalized spacial score (nSPS) is 11.6. The van der Waals surface area contributed by atoms with Crippen LogP contribution in [0.5, 0.6) is 11.5 Å². The number of fused-ring (bicyclic) bond motifs is 1. The van der Waals surface area contributed by atoms with Gasteiger partial charge in [0.15, 0.2) is 11.5 Å². The molecule has 0 saturated carbocycles. The highest BCUT2D eigenvalue weighted by molar-refractivity contribution is 6.34. The van der Waals surface area contributed by atoms with Crippen LogP contribution < -0.4 is 31.4 Å². The van der Waals surface area contributed by atoms with E-state index in [0.717, 1.165) is 5.56 Å². The van der Waals surface area contributed by atoms with Crippen molar-refractivity contribution in [1.29, 1.82) is 0 Å². The SMILES string of the molecule is COCCOc1cc2cc(C(=O)Nc3cc(C(=O)N[C@H](CCN)c4ccccc4)ccc3Cl)c(=O)[nH]c2cc1OC. The van der Waals surface area contributed by atoms with Crippen LogP contribution in [0.15, 0.2) is 71.5 Å². The minimum Gasteiger partial charge on any atom is -0.493 e. The highest BCUT2D eigenvalue weighted by Gasteiger charge is 2.19. The van der Waals surface area contributed by atoms with E-state index in [1.165, 1.54) is 25.3 Å². The Kier molecular flexibility index (Phi) is 9.96. The Labute approximate surface area is 241 Å². The summed E-state index contributed by atoms with van der Waals surface area (Å²) < 4.78 is 16.1. The molecular weight excluding hydrogens is 548 g/mol. The number of nitrogens with one attached hydrogen (secondary N) is 3. The molecule has 4 aromatic rings. The number of hydrogen-bond acceptors (Lipinski definition) is 7. The molecule has 11 heteroatoms. The van der Waals surface area contributed by atoms with Gasteiger partial charge in [-0.25, -0.2) is 0 Å². The summed E-state index contributed by atoms with van der Waals surface area (Å²) in [5.74, 6) is -0.210. The quantitative estimate of drug-likeness (QED) is 0.184. The van der Waals surface area contributed by atoms with Gasteiger partial charge in [-0.2, -0.15) is 0 Å². The number of benzene rings is 3. The van der Waals surface area contributed by atoms with Crippen LogP contribution in [0.4, 0.5) is 5.69 Å². The molecule has 5 N–H and O–H groups in total. The standard InChI is InChI=1S/C30H31ClN4O6/c1-39-12-13-41-27-16-20-14-21(29(37)34-24(20)17-26(27)40-2)30(38)35-25-15-19(8-9-22(25)31)28(36)33-23(10-11-32)18-6-4-3-5-7-18/h3-9,14-17,23H,10-13,32H2,1-2H3,(H,33,36)(H,34,37)(H,35,38)/t23-/m1/s1. The van der Waals surface area contributed by atoms with Crippen molar-refractivity contribution in [2.24, 2.45) is 5.73 Å². The fourth-order valence-corrected chi connectivity index (χ4v) is 4.42. The molecule has 0 aliphatic carbocycles. The fraction of sp³-hybridized carbons (Fsp3) is 0.233. The number of hydrogen-bond donors (Lipinski definition) is 4. The molecule has 1 aromatic heterocycles. The zero-order valence-electron chi connectivity index (χ0n) is 22.7. The number of H-pyrrole nitrogens is 1. The van der Waals surface area contributed by atoms with Crippen LogP contribution in [0, 0.1) is 0 Å². The summed E-state index contributed by atoms with van der Waals surface area (Å²) in [5, 5.41) is 6.39. The largest absolute Gasteiger partial charge is 0.493 e. The number of pyridine rings is 1. The van der Waals surface area contributed by atoms with E-state index < -0.39 is 11.5 Å².